The molecular formula is C23H21NOS. The van der Waals surface area contributed by atoms with Crippen molar-refractivity contribution in [3.63, 3.8) is 0 Å². The van der Waals surface area contributed by atoms with E-state index in [0.717, 1.165) is 16.3 Å². The molecule has 2 nitrogen and oxygen atoms in total. The number of benzene rings is 3. The highest BCUT2D eigenvalue weighted by Gasteiger charge is 2.07. The summed E-state index contributed by atoms with van der Waals surface area (Å²) in [5.74, 6) is -0.0000240. The molecule has 0 aliphatic carbocycles. The third kappa shape index (κ3) is 4.87. The monoisotopic (exact) mass is 359 g/mol. The molecule has 0 aromatic heterocycles. The molecule has 0 amide bonds. The SMILES string of the molecule is CC(=CC(=O)c1ccccc1)Nc1ccc(C)cc1Sc1ccccc1. The van der Waals surface area contributed by atoms with E-state index in [0.29, 0.717) is 5.56 Å². The summed E-state index contributed by atoms with van der Waals surface area (Å²) in [5.41, 5.74) is 3.71. The number of hydrogen-bond donors (Lipinski definition) is 1. The molecule has 3 aromatic rings. The van der Waals surface area contributed by atoms with Gasteiger partial charge in [-0.3, -0.25) is 4.79 Å². The molecule has 0 spiro atoms. The molecule has 130 valence electrons. The summed E-state index contributed by atoms with van der Waals surface area (Å²) < 4.78 is 0. The largest absolute Gasteiger partial charge is 0.358 e. The van der Waals surface area contributed by atoms with E-state index >= 15 is 0 Å². The molecule has 0 heterocycles. The van der Waals surface area contributed by atoms with Crippen LogP contribution in [0.2, 0.25) is 0 Å². The molecule has 0 fully saturated rings. The predicted molar refractivity (Wildman–Crippen MR) is 110 cm³/mol. The van der Waals surface area contributed by atoms with Gasteiger partial charge in [0.25, 0.3) is 0 Å². The first-order valence-electron chi connectivity index (χ1n) is 8.50. The molecular weight excluding hydrogens is 338 g/mol. The van der Waals surface area contributed by atoms with Crippen molar-refractivity contribution >= 4 is 23.2 Å². The van der Waals surface area contributed by atoms with Gasteiger partial charge in [-0.25, -0.2) is 0 Å². The van der Waals surface area contributed by atoms with Gasteiger partial charge < -0.3 is 5.32 Å². The van der Waals surface area contributed by atoms with Crippen molar-refractivity contribution in [1.29, 1.82) is 0 Å². The second kappa shape index (κ2) is 8.54. The molecule has 3 heteroatoms. The van der Waals surface area contributed by atoms with Crippen LogP contribution >= 0.6 is 11.8 Å². The molecule has 0 saturated carbocycles. The molecule has 0 saturated heterocycles. The number of hydrogen-bond acceptors (Lipinski definition) is 3. The zero-order valence-corrected chi connectivity index (χ0v) is 15.7. The summed E-state index contributed by atoms with van der Waals surface area (Å²) >= 11 is 1.71. The second-order valence-corrected chi connectivity index (χ2v) is 7.21. The summed E-state index contributed by atoms with van der Waals surface area (Å²) in [5, 5.41) is 3.38. The van der Waals surface area contributed by atoms with E-state index in [1.807, 2.05) is 55.5 Å². The van der Waals surface area contributed by atoms with Crippen LogP contribution in [0.3, 0.4) is 0 Å². The maximum Gasteiger partial charge on any atom is 0.187 e. The van der Waals surface area contributed by atoms with Crippen LogP contribution in [0.4, 0.5) is 5.69 Å². The van der Waals surface area contributed by atoms with Crippen molar-refractivity contribution in [2.75, 3.05) is 5.32 Å². The van der Waals surface area contributed by atoms with Crippen LogP contribution in [0.5, 0.6) is 0 Å². The first-order chi connectivity index (χ1) is 12.6. The zero-order chi connectivity index (χ0) is 18.4. The Bertz CT molecular complexity index is 917. The highest BCUT2D eigenvalue weighted by molar-refractivity contribution is 7.99. The van der Waals surface area contributed by atoms with Crippen molar-refractivity contribution in [2.24, 2.45) is 0 Å². The fourth-order valence-corrected chi connectivity index (χ4v) is 3.58. The van der Waals surface area contributed by atoms with E-state index in [2.05, 4.69) is 42.6 Å². The average molecular weight is 359 g/mol. The van der Waals surface area contributed by atoms with Gasteiger partial charge in [0.1, 0.15) is 0 Å². The Morgan fingerprint density at radius 2 is 1.58 bits per heavy atom. The zero-order valence-electron chi connectivity index (χ0n) is 14.9. The number of carbonyl (C=O) groups excluding carboxylic acids is 1. The third-order valence-corrected chi connectivity index (χ3v) is 4.91. The number of aryl methyl sites for hydroxylation is 1. The molecule has 0 atom stereocenters. The van der Waals surface area contributed by atoms with Crippen molar-refractivity contribution in [2.45, 2.75) is 23.6 Å². The van der Waals surface area contributed by atoms with Crippen molar-refractivity contribution in [3.05, 3.63) is 102 Å². The lowest BCUT2D eigenvalue weighted by molar-refractivity contribution is 0.104. The number of anilines is 1. The molecule has 3 aromatic carbocycles. The molecule has 26 heavy (non-hydrogen) atoms. The average Bonchev–Trinajstić information content (AvgIpc) is 2.65. The topological polar surface area (TPSA) is 29.1 Å². The van der Waals surface area contributed by atoms with Gasteiger partial charge in [0, 0.05) is 27.1 Å². The molecule has 0 unspecified atom stereocenters. The summed E-state index contributed by atoms with van der Waals surface area (Å²) in [4.78, 5) is 14.7. The third-order valence-electron chi connectivity index (χ3n) is 3.85. The smallest absolute Gasteiger partial charge is 0.187 e. The van der Waals surface area contributed by atoms with Crippen LogP contribution in [0.25, 0.3) is 0 Å². The summed E-state index contributed by atoms with van der Waals surface area (Å²) in [6, 6.07) is 25.9. The molecule has 0 radical (unpaired) electrons. The fraction of sp³-hybridized carbons (Fsp3) is 0.0870. The minimum Gasteiger partial charge on any atom is -0.358 e. The Balaban J connectivity index is 1.80. The highest BCUT2D eigenvalue weighted by Crippen LogP contribution is 2.34. The summed E-state index contributed by atoms with van der Waals surface area (Å²) in [6.45, 7) is 4.00. The lowest BCUT2D eigenvalue weighted by atomic mass is 10.1. The van der Waals surface area contributed by atoms with E-state index in [4.69, 9.17) is 0 Å². The van der Waals surface area contributed by atoms with Crippen LogP contribution in [0.1, 0.15) is 22.8 Å². The highest BCUT2D eigenvalue weighted by atomic mass is 32.2. The lowest BCUT2D eigenvalue weighted by Crippen LogP contribution is -2.02. The number of allylic oxidation sites excluding steroid dienone is 2. The van der Waals surface area contributed by atoms with Gasteiger partial charge in [0.2, 0.25) is 0 Å². The van der Waals surface area contributed by atoms with Crippen LogP contribution in [-0.4, -0.2) is 5.78 Å². The molecule has 0 bridgehead atoms. The van der Waals surface area contributed by atoms with Crippen LogP contribution in [0, 0.1) is 6.92 Å². The first kappa shape index (κ1) is 18.0. The van der Waals surface area contributed by atoms with Gasteiger partial charge in [-0.2, -0.15) is 0 Å². The quantitative estimate of drug-likeness (QED) is 0.411. The second-order valence-electron chi connectivity index (χ2n) is 6.10. The van der Waals surface area contributed by atoms with Crippen molar-refractivity contribution < 1.29 is 4.79 Å². The first-order valence-corrected chi connectivity index (χ1v) is 9.32. The van der Waals surface area contributed by atoms with E-state index in [1.165, 1.54) is 10.5 Å². The molecule has 0 aliphatic rings. The van der Waals surface area contributed by atoms with E-state index in [9.17, 15) is 4.79 Å². The Kier molecular flexibility index (Phi) is 5.92. The molecule has 1 N–H and O–H groups in total. The van der Waals surface area contributed by atoms with Gasteiger partial charge in [-0.05, 0) is 43.7 Å². The van der Waals surface area contributed by atoms with Crippen molar-refractivity contribution in [3.8, 4) is 0 Å². The van der Waals surface area contributed by atoms with Gasteiger partial charge in [-0.1, -0.05) is 66.4 Å². The van der Waals surface area contributed by atoms with E-state index < -0.39 is 0 Å². The number of rotatable bonds is 6. The Labute approximate surface area is 159 Å². The number of carbonyl (C=O) groups is 1. The van der Waals surface area contributed by atoms with E-state index in [-0.39, 0.29) is 5.78 Å². The number of ketones is 1. The fourth-order valence-electron chi connectivity index (χ4n) is 2.56. The normalized spacial score (nSPS) is 11.2. The van der Waals surface area contributed by atoms with Crippen LogP contribution in [0.15, 0.2) is 100 Å². The molecule has 3 rings (SSSR count). The number of nitrogens with one attached hydrogen (secondary N) is 1. The van der Waals surface area contributed by atoms with Crippen molar-refractivity contribution in [1.82, 2.24) is 0 Å². The van der Waals surface area contributed by atoms with Crippen LogP contribution in [-0.2, 0) is 0 Å². The minimum absolute atomic E-state index is 0.0000240. The summed E-state index contributed by atoms with van der Waals surface area (Å²) in [6.07, 6.45) is 1.64. The molecule has 0 aliphatic heterocycles. The van der Waals surface area contributed by atoms with Gasteiger partial charge >= 0.3 is 0 Å². The standard InChI is InChI=1S/C23H21NOS/c1-17-13-14-21(23(15-17)26-20-11-7-4-8-12-20)24-18(2)16-22(25)19-9-5-3-6-10-19/h3-16,24H,1-2H3. The Morgan fingerprint density at radius 3 is 2.27 bits per heavy atom. The van der Waals surface area contributed by atoms with E-state index in [1.54, 1.807) is 17.8 Å². The lowest BCUT2D eigenvalue weighted by Gasteiger charge is -2.13. The minimum atomic E-state index is -0.0000240. The van der Waals surface area contributed by atoms with Gasteiger partial charge in [-0.15, -0.1) is 0 Å². The Morgan fingerprint density at radius 1 is 0.923 bits per heavy atom. The maximum absolute atomic E-state index is 12.4. The Hall–Kier alpha value is -2.78. The maximum atomic E-state index is 12.4. The summed E-state index contributed by atoms with van der Waals surface area (Å²) in [7, 11) is 0. The van der Waals surface area contributed by atoms with Gasteiger partial charge in [0.05, 0.1) is 5.69 Å². The van der Waals surface area contributed by atoms with Crippen LogP contribution < -0.4 is 5.32 Å². The van der Waals surface area contributed by atoms with Gasteiger partial charge in [0.15, 0.2) is 5.78 Å². The predicted octanol–water partition coefficient (Wildman–Crippen LogP) is 6.34.